The van der Waals surface area contributed by atoms with E-state index < -0.39 is 16.7 Å². The third-order valence-corrected chi connectivity index (χ3v) is 4.64. The zero-order valence-corrected chi connectivity index (χ0v) is 18.9. The number of amides is 2. The quantitative estimate of drug-likeness (QED) is 0.265. The molecule has 0 saturated carbocycles. The molecule has 0 bridgehead atoms. The predicted octanol–water partition coefficient (Wildman–Crippen LogP) is 5.04. The van der Waals surface area contributed by atoms with Gasteiger partial charge in [-0.05, 0) is 54.0 Å². The van der Waals surface area contributed by atoms with Crippen LogP contribution in [0.1, 0.15) is 29.8 Å². The fourth-order valence-corrected chi connectivity index (χ4v) is 2.90. The van der Waals surface area contributed by atoms with Gasteiger partial charge in [0.1, 0.15) is 11.4 Å². The van der Waals surface area contributed by atoms with Gasteiger partial charge in [-0.1, -0.05) is 44.2 Å². The minimum absolute atomic E-state index is 0.0229. The van der Waals surface area contributed by atoms with Crippen LogP contribution in [0.3, 0.4) is 0 Å². The second-order valence-electron chi connectivity index (χ2n) is 7.91. The largest absolute Gasteiger partial charge is 0.493 e. The molecule has 0 aliphatic heterocycles. The number of nitro groups is 1. The van der Waals surface area contributed by atoms with Crippen molar-refractivity contribution in [3.8, 4) is 5.75 Å². The van der Waals surface area contributed by atoms with Gasteiger partial charge in [-0.2, -0.15) is 0 Å². The van der Waals surface area contributed by atoms with E-state index in [0.29, 0.717) is 35.1 Å². The van der Waals surface area contributed by atoms with Gasteiger partial charge in [0.05, 0.1) is 11.5 Å². The maximum Gasteiger partial charge on any atom is 0.272 e. The number of nitrogens with zero attached hydrogens (tertiary/aromatic N) is 1. The maximum atomic E-state index is 13.0. The molecule has 0 saturated heterocycles. The summed E-state index contributed by atoms with van der Waals surface area (Å²) >= 11 is 0. The lowest BCUT2D eigenvalue weighted by Gasteiger charge is -2.12. The van der Waals surface area contributed by atoms with Gasteiger partial charge >= 0.3 is 0 Å². The minimum Gasteiger partial charge on any atom is -0.493 e. The van der Waals surface area contributed by atoms with Crippen LogP contribution < -0.4 is 15.4 Å². The van der Waals surface area contributed by atoms with Gasteiger partial charge in [0.25, 0.3) is 17.5 Å². The second kappa shape index (κ2) is 11.4. The van der Waals surface area contributed by atoms with Crippen LogP contribution in [0, 0.1) is 16.0 Å². The van der Waals surface area contributed by atoms with Crippen LogP contribution in [0.5, 0.6) is 5.75 Å². The highest BCUT2D eigenvalue weighted by atomic mass is 16.6. The predicted molar refractivity (Wildman–Crippen MR) is 130 cm³/mol. The van der Waals surface area contributed by atoms with Gasteiger partial charge in [-0.25, -0.2) is 0 Å². The molecule has 3 aromatic carbocycles. The molecule has 0 aliphatic carbocycles. The lowest BCUT2D eigenvalue weighted by Crippen LogP contribution is -2.30. The number of nitro benzene ring substituents is 1. The Bertz CT molecular complexity index is 1170. The number of anilines is 1. The molecule has 174 valence electrons. The van der Waals surface area contributed by atoms with Gasteiger partial charge in [0.15, 0.2) is 0 Å². The summed E-state index contributed by atoms with van der Waals surface area (Å²) in [5.41, 5.74) is 1.37. The fraction of sp³-hybridized carbons (Fsp3) is 0.154. The Balaban J connectivity index is 1.77. The first-order valence-corrected chi connectivity index (χ1v) is 10.7. The minimum atomic E-state index is -0.567. The van der Waals surface area contributed by atoms with E-state index >= 15 is 0 Å². The Morgan fingerprint density at radius 2 is 1.62 bits per heavy atom. The second-order valence-corrected chi connectivity index (χ2v) is 7.91. The average molecular weight is 460 g/mol. The smallest absolute Gasteiger partial charge is 0.272 e. The van der Waals surface area contributed by atoms with Crippen molar-refractivity contribution in [1.82, 2.24) is 5.32 Å². The van der Waals surface area contributed by atoms with Crippen molar-refractivity contribution in [2.45, 2.75) is 13.8 Å². The Labute approximate surface area is 197 Å². The molecule has 0 aliphatic rings. The van der Waals surface area contributed by atoms with Gasteiger partial charge in [0, 0.05) is 23.4 Å². The Morgan fingerprint density at radius 3 is 2.21 bits per heavy atom. The fourth-order valence-electron chi connectivity index (χ4n) is 2.90. The zero-order chi connectivity index (χ0) is 24.5. The molecular weight excluding hydrogens is 434 g/mol. The summed E-state index contributed by atoms with van der Waals surface area (Å²) in [6, 6.07) is 21.2. The molecule has 3 rings (SSSR count). The van der Waals surface area contributed by atoms with Crippen molar-refractivity contribution in [3.63, 3.8) is 0 Å². The van der Waals surface area contributed by atoms with E-state index in [-0.39, 0.29) is 11.4 Å². The number of carbonyl (C=O) groups excluding carboxylic acids is 2. The van der Waals surface area contributed by atoms with Crippen LogP contribution in [0.15, 0.2) is 84.6 Å². The molecule has 8 nitrogen and oxygen atoms in total. The highest BCUT2D eigenvalue weighted by Crippen LogP contribution is 2.17. The summed E-state index contributed by atoms with van der Waals surface area (Å²) in [7, 11) is 0. The number of ether oxygens (including phenoxy) is 1. The van der Waals surface area contributed by atoms with Gasteiger partial charge in [-0.15, -0.1) is 0 Å². The summed E-state index contributed by atoms with van der Waals surface area (Å²) < 4.78 is 5.64. The number of hydrogen-bond acceptors (Lipinski definition) is 5. The first kappa shape index (κ1) is 24.2. The maximum absolute atomic E-state index is 13.0. The molecule has 0 spiro atoms. The molecule has 2 amide bonds. The van der Waals surface area contributed by atoms with Crippen molar-refractivity contribution in [1.29, 1.82) is 0 Å². The molecule has 0 aromatic heterocycles. The first-order valence-electron chi connectivity index (χ1n) is 10.7. The molecule has 8 heteroatoms. The van der Waals surface area contributed by atoms with Crippen LogP contribution in [-0.2, 0) is 4.79 Å². The van der Waals surface area contributed by atoms with E-state index in [0.717, 1.165) is 0 Å². The average Bonchev–Trinajstić information content (AvgIpc) is 2.83. The number of non-ortho nitro benzene ring substituents is 1. The Morgan fingerprint density at radius 1 is 0.971 bits per heavy atom. The summed E-state index contributed by atoms with van der Waals surface area (Å²) in [5, 5.41) is 16.2. The van der Waals surface area contributed by atoms with E-state index in [4.69, 9.17) is 4.74 Å². The molecular formula is C26H25N3O5. The van der Waals surface area contributed by atoms with Gasteiger partial charge < -0.3 is 15.4 Å². The van der Waals surface area contributed by atoms with E-state index in [1.54, 1.807) is 42.5 Å². The lowest BCUT2D eigenvalue weighted by atomic mass is 10.1. The van der Waals surface area contributed by atoms with Crippen LogP contribution in [0.4, 0.5) is 11.4 Å². The first-order chi connectivity index (χ1) is 16.3. The number of benzene rings is 3. The number of nitrogens with one attached hydrogen (secondary N) is 2. The normalized spacial score (nSPS) is 11.1. The van der Waals surface area contributed by atoms with Crippen molar-refractivity contribution < 1.29 is 19.2 Å². The lowest BCUT2D eigenvalue weighted by molar-refractivity contribution is -0.384. The summed E-state index contributed by atoms with van der Waals surface area (Å²) in [5.74, 6) is 0.00326. The zero-order valence-electron chi connectivity index (χ0n) is 18.9. The van der Waals surface area contributed by atoms with E-state index in [1.165, 1.54) is 24.3 Å². The summed E-state index contributed by atoms with van der Waals surface area (Å²) in [6.45, 7) is 4.66. The molecule has 3 aromatic rings. The van der Waals surface area contributed by atoms with E-state index in [1.807, 2.05) is 32.0 Å². The number of carbonyl (C=O) groups is 2. The molecule has 2 N–H and O–H groups in total. The molecule has 34 heavy (non-hydrogen) atoms. The monoisotopic (exact) mass is 459 g/mol. The van der Waals surface area contributed by atoms with Crippen molar-refractivity contribution >= 4 is 29.3 Å². The third-order valence-electron chi connectivity index (χ3n) is 4.64. The molecule has 0 atom stereocenters. The van der Waals surface area contributed by atoms with Crippen LogP contribution in [0.25, 0.3) is 6.08 Å². The Hall–Kier alpha value is -4.46. The van der Waals surface area contributed by atoms with Crippen LogP contribution in [-0.4, -0.2) is 23.3 Å². The number of hydrogen-bond donors (Lipinski definition) is 2. The van der Waals surface area contributed by atoms with Crippen LogP contribution in [0.2, 0.25) is 0 Å². The van der Waals surface area contributed by atoms with E-state index in [2.05, 4.69) is 10.6 Å². The molecule has 0 heterocycles. The highest BCUT2D eigenvalue weighted by molar-refractivity contribution is 6.10. The summed E-state index contributed by atoms with van der Waals surface area (Å²) in [4.78, 5) is 36.1. The van der Waals surface area contributed by atoms with Gasteiger partial charge in [-0.3, -0.25) is 19.7 Å². The van der Waals surface area contributed by atoms with Gasteiger partial charge in [0.2, 0.25) is 0 Å². The SMILES string of the molecule is CC(C)COc1ccc(C(=O)N/C(=C\c2ccccc2)C(=O)Nc2ccc([N+](=O)[O-])cc2)cc1. The standard InChI is InChI=1S/C26H25N3O5/c1-18(2)17-34-23-14-8-20(9-15-23)25(30)28-24(16-19-6-4-3-5-7-19)26(31)27-21-10-12-22(13-11-21)29(32)33/h3-16,18H,17H2,1-2H3,(H,27,31)(H,28,30)/b24-16-. The van der Waals surface area contributed by atoms with Crippen LogP contribution >= 0.6 is 0 Å². The van der Waals surface area contributed by atoms with Crippen molar-refractivity contribution in [2.75, 3.05) is 11.9 Å². The summed E-state index contributed by atoms with van der Waals surface area (Å²) in [6.07, 6.45) is 1.55. The topological polar surface area (TPSA) is 111 Å². The molecule has 0 fully saturated rings. The third kappa shape index (κ3) is 7.03. The van der Waals surface area contributed by atoms with Crippen molar-refractivity contribution in [2.24, 2.45) is 5.92 Å². The van der Waals surface area contributed by atoms with Crippen molar-refractivity contribution in [3.05, 3.63) is 106 Å². The Kier molecular flexibility index (Phi) is 8.12. The molecule has 0 radical (unpaired) electrons. The number of rotatable bonds is 9. The van der Waals surface area contributed by atoms with E-state index in [9.17, 15) is 19.7 Å². The highest BCUT2D eigenvalue weighted by Gasteiger charge is 2.16. The molecule has 0 unspecified atom stereocenters.